The zero-order valence-electron chi connectivity index (χ0n) is 13.3. The summed E-state index contributed by atoms with van der Waals surface area (Å²) < 4.78 is 0. The van der Waals surface area contributed by atoms with Gasteiger partial charge in [-0.05, 0) is 13.8 Å². The number of aliphatic carboxylic acids is 2. The lowest BCUT2D eigenvalue weighted by Crippen LogP contribution is -2.43. The van der Waals surface area contributed by atoms with Crippen molar-refractivity contribution in [2.75, 3.05) is 11.5 Å². The Bertz CT molecular complexity index is 501. The van der Waals surface area contributed by atoms with E-state index in [1.807, 2.05) is 0 Å². The smallest absolute Gasteiger partial charge is 0.327 e. The number of nitrogens with one attached hydrogen (secondary N) is 2. The highest BCUT2D eigenvalue weighted by molar-refractivity contribution is 8.76. The molecule has 0 unspecified atom stereocenters. The van der Waals surface area contributed by atoms with Gasteiger partial charge in [-0.3, -0.25) is 9.59 Å². The van der Waals surface area contributed by atoms with Crippen molar-refractivity contribution in [2.24, 2.45) is 0 Å². The maximum Gasteiger partial charge on any atom is 0.327 e. The lowest BCUT2D eigenvalue weighted by atomic mass is 10.3. The van der Waals surface area contributed by atoms with Crippen molar-refractivity contribution in [1.29, 1.82) is 0 Å². The molecule has 2 atom stereocenters. The number of hydrogen-bond acceptors (Lipinski definition) is 6. The molecule has 10 heteroatoms. The van der Waals surface area contributed by atoms with Gasteiger partial charge in [0.05, 0.1) is 0 Å². The molecule has 24 heavy (non-hydrogen) atoms. The predicted molar refractivity (Wildman–Crippen MR) is 93.7 cm³/mol. The van der Waals surface area contributed by atoms with Gasteiger partial charge in [0.1, 0.15) is 12.1 Å². The first kappa shape index (κ1) is 22.1. The summed E-state index contributed by atoms with van der Waals surface area (Å²) in [4.78, 5) is 45.1. The summed E-state index contributed by atoms with van der Waals surface area (Å²) in [6.07, 6.45) is 0. The first-order chi connectivity index (χ1) is 11.1. The Morgan fingerprint density at radius 3 is 1.33 bits per heavy atom. The highest BCUT2D eigenvalue weighted by atomic mass is 33.1. The molecule has 134 valence electrons. The molecule has 0 saturated heterocycles. The SMILES string of the molecule is C=C(C)C(=O)N[C@@H](CSSC[C@H](NC(=O)C(=C)C)C(=O)O)C(=O)O. The maximum atomic E-state index is 11.4. The van der Waals surface area contributed by atoms with E-state index in [1.54, 1.807) is 0 Å². The molecule has 0 heterocycles. The zero-order valence-corrected chi connectivity index (χ0v) is 15.0. The Hall–Kier alpha value is -1.94. The van der Waals surface area contributed by atoms with Crippen molar-refractivity contribution in [3.63, 3.8) is 0 Å². The minimum Gasteiger partial charge on any atom is -0.480 e. The van der Waals surface area contributed by atoms with Crippen LogP contribution in [0.15, 0.2) is 24.3 Å². The van der Waals surface area contributed by atoms with Crippen LogP contribution in [0.5, 0.6) is 0 Å². The molecule has 0 saturated carbocycles. The molecule has 8 nitrogen and oxygen atoms in total. The number of carbonyl (C=O) groups excluding carboxylic acids is 2. The molecule has 0 spiro atoms. The minimum atomic E-state index is -1.21. The van der Waals surface area contributed by atoms with Crippen LogP contribution in [0, 0.1) is 0 Å². The summed E-state index contributed by atoms with van der Waals surface area (Å²) in [6.45, 7) is 9.75. The highest BCUT2D eigenvalue weighted by Crippen LogP contribution is 2.23. The van der Waals surface area contributed by atoms with Crippen LogP contribution in [0.3, 0.4) is 0 Å². The van der Waals surface area contributed by atoms with Crippen LogP contribution in [-0.2, 0) is 19.2 Å². The van der Waals surface area contributed by atoms with E-state index >= 15 is 0 Å². The molecular weight excluding hydrogens is 356 g/mol. The zero-order chi connectivity index (χ0) is 18.9. The van der Waals surface area contributed by atoms with E-state index < -0.39 is 35.8 Å². The Morgan fingerprint density at radius 1 is 0.833 bits per heavy atom. The van der Waals surface area contributed by atoms with Crippen LogP contribution in [0.4, 0.5) is 0 Å². The molecule has 0 rings (SSSR count). The number of carbonyl (C=O) groups is 4. The maximum absolute atomic E-state index is 11.4. The molecule has 0 aromatic rings. The Morgan fingerprint density at radius 2 is 1.12 bits per heavy atom. The fourth-order valence-corrected chi connectivity index (χ4v) is 3.45. The second-order valence-electron chi connectivity index (χ2n) is 4.86. The molecule has 2 amide bonds. The number of rotatable bonds is 11. The van der Waals surface area contributed by atoms with E-state index in [1.165, 1.54) is 13.8 Å². The van der Waals surface area contributed by atoms with Gasteiger partial charge in [-0.1, -0.05) is 34.7 Å². The first-order valence-electron chi connectivity index (χ1n) is 6.69. The van der Waals surface area contributed by atoms with Crippen molar-refractivity contribution in [3.05, 3.63) is 24.3 Å². The van der Waals surface area contributed by atoms with Crippen molar-refractivity contribution < 1.29 is 29.4 Å². The number of carboxylic acids is 2. The average Bonchev–Trinajstić information content (AvgIpc) is 2.47. The number of hydrogen-bond donors (Lipinski definition) is 4. The minimum absolute atomic E-state index is 0.0276. The summed E-state index contributed by atoms with van der Waals surface area (Å²) in [5.41, 5.74) is 0.375. The van der Waals surface area contributed by atoms with E-state index in [4.69, 9.17) is 10.2 Å². The van der Waals surface area contributed by atoms with Crippen LogP contribution < -0.4 is 10.6 Å². The summed E-state index contributed by atoms with van der Waals surface area (Å²) in [6, 6.07) is -2.25. The quantitative estimate of drug-likeness (QED) is 0.235. The van der Waals surface area contributed by atoms with Crippen LogP contribution >= 0.6 is 21.6 Å². The monoisotopic (exact) mass is 376 g/mol. The van der Waals surface area contributed by atoms with E-state index in [9.17, 15) is 19.2 Å². The molecule has 0 aliphatic heterocycles. The third-order valence-electron chi connectivity index (χ3n) is 2.53. The third-order valence-corrected chi connectivity index (χ3v) is 4.96. The van der Waals surface area contributed by atoms with E-state index in [2.05, 4.69) is 23.8 Å². The molecule has 0 aromatic carbocycles. The molecule has 0 aromatic heterocycles. The molecule has 0 radical (unpaired) electrons. The van der Waals surface area contributed by atoms with Crippen molar-refractivity contribution in [2.45, 2.75) is 25.9 Å². The van der Waals surface area contributed by atoms with Gasteiger partial charge in [-0.2, -0.15) is 0 Å². The molecule has 0 aliphatic carbocycles. The van der Waals surface area contributed by atoms with Gasteiger partial charge in [0.25, 0.3) is 0 Å². The van der Waals surface area contributed by atoms with Gasteiger partial charge >= 0.3 is 11.9 Å². The van der Waals surface area contributed by atoms with Crippen molar-refractivity contribution in [1.82, 2.24) is 10.6 Å². The predicted octanol–water partition coefficient (Wildman–Crippen LogP) is 0.659. The Labute approximate surface area is 147 Å². The van der Waals surface area contributed by atoms with Crippen molar-refractivity contribution in [3.8, 4) is 0 Å². The number of carboxylic acid groups (broad SMARTS) is 2. The average molecular weight is 376 g/mol. The third kappa shape index (κ3) is 8.63. The molecular formula is C14H20N2O6S2. The van der Waals surface area contributed by atoms with E-state index in [0.717, 1.165) is 21.6 Å². The second kappa shape index (κ2) is 10.8. The van der Waals surface area contributed by atoms with Crippen LogP contribution in [0.25, 0.3) is 0 Å². The fourth-order valence-electron chi connectivity index (χ4n) is 1.14. The van der Waals surface area contributed by atoms with Gasteiger partial charge in [-0.25, -0.2) is 9.59 Å². The molecule has 0 fully saturated rings. The lowest BCUT2D eigenvalue weighted by Gasteiger charge is -2.16. The van der Waals surface area contributed by atoms with Gasteiger partial charge < -0.3 is 20.8 Å². The van der Waals surface area contributed by atoms with Crippen molar-refractivity contribution >= 4 is 45.3 Å². The van der Waals surface area contributed by atoms with Crippen LogP contribution in [-0.4, -0.2) is 57.6 Å². The summed E-state index contributed by atoms with van der Waals surface area (Å²) in [5, 5.41) is 22.7. The van der Waals surface area contributed by atoms with E-state index in [0.29, 0.717) is 0 Å². The molecule has 0 aliphatic rings. The largest absolute Gasteiger partial charge is 0.480 e. The second-order valence-corrected chi connectivity index (χ2v) is 7.41. The Kier molecular flexibility index (Phi) is 9.89. The van der Waals surface area contributed by atoms with Gasteiger partial charge in [0.15, 0.2) is 0 Å². The molecule has 0 bridgehead atoms. The topological polar surface area (TPSA) is 133 Å². The van der Waals surface area contributed by atoms with E-state index in [-0.39, 0.29) is 22.7 Å². The lowest BCUT2D eigenvalue weighted by molar-refractivity contribution is -0.141. The Balaban J connectivity index is 4.43. The summed E-state index contributed by atoms with van der Waals surface area (Å²) >= 11 is 0. The van der Waals surface area contributed by atoms with Gasteiger partial charge in [0, 0.05) is 22.7 Å². The number of amides is 2. The fraction of sp³-hybridized carbons (Fsp3) is 0.429. The summed E-state index contributed by atoms with van der Waals surface area (Å²) in [7, 11) is 2.16. The van der Waals surface area contributed by atoms with Crippen LogP contribution in [0.2, 0.25) is 0 Å². The standard InChI is InChI=1S/C14H20N2O6S2/c1-7(2)11(17)15-9(13(19)20)5-23-24-6-10(14(21)22)16-12(18)8(3)4/h9-10H,1,3,5-6H2,2,4H3,(H,15,17)(H,16,18)(H,19,20)(H,21,22)/t9-,10-/m0/s1. The first-order valence-corrected chi connectivity index (χ1v) is 9.17. The van der Waals surface area contributed by atoms with Crippen LogP contribution in [0.1, 0.15) is 13.8 Å². The summed E-state index contributed by atoms with van der Waals surface area (Å²) in [5.74, 6) is -3.49. The molecule has 4 N–H and O–H groups in total. The highest BCUT2D eigenvalue weighted by Gasteiger charge is 2.23. The van der Waals surface area contributed by atoms with Gasteiger partial charge in [-0.15, -0.1) is 0 Å². The van der Waals surface area contributed by atoms with Gasteiger partial charge in [0.2, 0.25) is 11.8 Å². The normalized spacial score (nSPS) is 12.6.